The minimum absolute atomic E-state index is 0.0467. The summed E-state index contributed by atoms with van der Waals surface area (Å²) in [6.07, 6.45) is 2.66. The van der Waals surface area contributed by atoms with Crippen molar-refractivity contribution in [3.8, 4) is 5.75 Å². The van der Waals surface area contributed by atoms with E-state index in [9.17, 15) is 4.79 Å². The van der Waals surface area contributed by atoms with Crippen LogP contribution in [0.3, 0.4) is 0 Å². The molecule has 0 saturated carbocycles. The molecular formula is C32H37Cl2N7O4. The highest BCUT2D eigenvalue weighted by molar-refractivity contribution is 6.35. The van der Waals surface area contributed by atoms with Crippen LogP contribution in [-0.4, -0.2) is 58.5 Å². The molecule has 1 saturated heterocycles. The van der Waals surface area contributed by atoms with E-state index in [4.69, 9.17) is 37.4 Å². The number of nitrogens with zero attached hydrogens (tertiary/aromatic N) is 4. The summed E-state index contributed by atoms with van der Waals surface area (Å²) >= 11 is 12.6. The molecule has 1 aliphatic heterocycles. The number of aromatic nitrogens is 4. The molecule has 1 amide bonds. The maximum absolute atomic E-state index is 12.1. The van der Waals surface area contributed by atoms with E-state index in [0.29, 0.717) is 40.3 Å². The van der Waals surface area contributed by atoms with Gasteiger partial charge in [-0.2, -0.15) is 0 Å². The lowest BCUT2D eigenvalue weighted by Gasteiger charge is -2.29. The predicted octanol–water partition coefficient (Wildman–Crippen LogP) is 6.23. The van der Waals surface area contributed by atoms with E-state index in [-0.39, 0.29) is 25.2 Å². The number of carbonyl (C=O) groups is 1. The van der Waals surface area contributed by atoms with E-state index in [1.54, 1.807) is 18.2 Å². The first-order valence-electron chi connectivity index (χ1n) is 14.9. The van der Waals surface area contributed by atoms with Crippen LogP contribution in [0.5, 0.6) is 5.75 Å². The van der Waals surface area contributed by atoms with Gasteiger partial charge in [0.05, 0.1) is 11.6 Å². The molecule has 3 atom stereocenters. The highest BCUT2D eigenvalue weighted by Crippen LogP contribution is 2.40. The first-order chi connectivity index (χ1) is 21.8. The van der Waals surface area contributed by atoms with Crippen LogP contribution < -0.4 is 20.7 Å². The molecule has 1 fully saturated rings. The van der Waals surface area contributed by atoms with Crippen molar-refractivity contribution in [2.24, 2.45) is 5.92 Å². The highest BCUT2D eigenvalue weighted by Gasteiger charge is 2.45. The fraction of sp³-hybridized carbons (Fsp3) is 0.375. The molecule has 0 bridgehead atoms. The Bertz CT molecular complexity index is 1520. The molecule has 3 N–H and O–H groups in total. The summed E-state index contributed by atoms with van der Waals surface area (Å²) in [6, 6.07) is 20.7. The lowest BCUT2D eigenvalue weighted by atomic mass is 10.1. The number of nitrogens with one attached hydrogen (secondary N) is 3. The number of hydrogen-bond donors (Lipinski definition) is 3. The molecule has 13 heteroatoms. The Labute approximate surface area is 272 Å². The second-order valence-corrected chi connectivity index (χ2v) is 11.8. The minimum Gasteiger partial charge on any atom is -0.491 e. The number of amides is 1. The van der Waals surface area contributed by atoms with Crippen molar-refractivity contribution >= 4 is 46.2 Å². The van der Waals surface area contributed by atoms with Gasteiger partial charge in [-0.1, -0.05) is 49.5 Å². The fourth-order valence-corrected chi connectivity index (χ4v) is 5.39. The number of rotatable bonds is 15. The van der Waals surface area contributed by atoms with Gasteiger partial charge in [-0.05, 0) is 77.0 Å². The molecule has 1 unspecified atom stereocenters. The van der Waals surface area contributed by atoms with Crippen LogP contribution in [-0.2, 0) is 26.6 Å². The summed E-state index contributed by atoms with van der Waals surface area (Å²) < 4.78 is 20.1. The van der Waals surface area contributed by atoms with Gasteiger partial charge in [0.1, 0.15) is 31.3 Å². The van der Waals surface area contributed by atoms with E-state index in [0.717, 1.165) is 36.6 Å². The monoisotopic (exact) mass is 653 g/mol. The Morgan fingerprint density at radius 1 is 1.04 bits per heavy atom. The number of carbonyl (C=O) groups excluding carboxylic acids is 1. The summed E-state index contributed by atoms with van der Waals surface area (Å²) in [5.74, 6) is -0.0636. The molecule has 1 aliphatic rings. The number of benzene rings is 3. The topological polar surface area (TPSA) is 124 Å². The van der Waals surface area contributed by atoms with Gasteiger partial charge in [-0.25, -0.2) is 4.68 Å². The Kier molecular flexibility index (Phi) is 11.1. The van der Waals surface area contributed by atoms with Crippen molar-refractivity contribution < 1.29 is 19.0 Å². The number of halogens is 2. The first kappa shape index (κ1) is 32.5. The van der Waals surface area contributed by atoms with Gasteiger partial charge in [-0.3, -0.25) is 4.79 Å². The van der Waals surface area contributed by atoms with E-state index in [1.165, 1.54) is 11.0 Å². The molecule has 2 heterocycles. The van der Waals surface area contributed by atoms with Crippen LogP contribution in [0.2, 0.25) is 10.0 Å². The van der Waals surface area contributed by atoms with Crippen LogP contribution >= 0.6 is 23.2 Å². The van der Waals surface area contributed by atoms with E-state index in [2.05, 4.69) is 45.3 Å². The second-order valence-electron chi connectivity index (χ2n) is 11.0. The molecule has 238 valence electrons. The molecular weight excluding hydrogens is 617 g/mol. The smallest absolute Gasteiger partial charge is 0.224 e. The minimum atomic E-state index is -1.20. The summed E-state index contributed by atoms with van der Waals surface area (Å²) in [4.78, 5) is 12.1. The standard InChI is InChI=1S/C32H37Cl2N7O4/c1-3-22(2)16-31(42)38-26-7-5-24(6-8-26)35-14-15-36-25-9-11-27(12-10-25)43-18-28-19-44-32(45-28,20-41-21-37-39-40-41)29-13-4-23(33)17-30(29)34/h4-13,17,21-22,28,35-36H,3,14-16,18-20H2,1-2H3,(H,38,42)/t22?,28-,32-/m1/s1. The molecule has 0 radical (unpaired) electrons. The summed E-state index contributed by atoms with van der Waals surface area (Å²) in [7, 11) is 0. The zero-order valence-electron chi connectivity index (χ0n) is 25.2. The van der Waals surface area contributed by atoms with Crippen molar-refractivity contribution in [2.75, 3.05) is 42.3 Å². The summed E-state index contributed by atoms with van der Waals surface area (Å²) in [5, 5.41) is 22.0. The van der Waals surface area contributed by atoms with Crippen molar-refractivity contribution in [3.63, 3.8) is 0 Å². The molecule has 1 aromatic heterocycles. The van der Waals surface area contributed by atoms with Gasteiger partial charge in [0.2, 0.25) is 11.7 Å². The molecule has 11 nitrogen and oxygen atoms in total. The van der Waals surface area contributed by atoms with Gasteiger partial charge < -0.3 is 30.2 Å². The van der Waals surface area contributed by atoms with Crippen LogP contribution in [0.25, 0.3) is 0 Å². The van der Waals surface area contributed by atoms with Gasteiger partial charge in [0.15, 0.2) is 0 Å². The third-order valence-electron chi connectivity index (χ3n) is 7.44. The van der Waals surface area contributed by atoms with Crippen LogP contribution in [0, 0.1) is 5.92 Å². The number of anilines is 3. The zero-order chi connectivity index (χ0) is 31.6. The van der Waals surface area contributed by atoms with Gasteiger partial charge >= 0.3 is 0 Å². The number of hydrogen-bond acceptors (Lipinski definition) is 9. The van der Waals surface area contributed by atoms with Gasteiger partial charge in [0, 0.05) is 47.2 Å². The van der Waals surface area contributed by atoms with Crippen molar-refractivity contribution in [2.45, 2.75) is 45.1 Å². The average molecular weight is 655 g/mol. The molecule has 3 aromatic carbocycles. The van der Waals surface area contributed by atoms with E-state index >= 15 is 0 Å². The largest absolute Gasteiger partial charge is 0.491 e. The zero-order valence-corrected chi connectivity index (χ0v) is 26.7. The van der Waals surface area contributed by atoms with Crippen LogP contribution in [0.4, 0.5) is 17.1 Å². The van der Waals surface area contributed by atoms with Crippen LogP contribution in [0.15, 0.2) is 73.1 Å². The molecule has 0 aliphatic carbocycles. The highest BCUT2D eigenvalue weighted by atomic mass is 35.5. The third kappa shape index (κ3) is 9.07. The number of tetrazole rings is 1. The SMILES string of the molecule is CCC(C)CC(=O)Nc1ccc(NCCNc2ccc(OC[C@@H]3CO[C@@](Cn4cnnn4)(c4ccc(Cl)cc4Cl)O3)cc2)cc1. The maximum Gasteiger partial charge on any atom is 0.224 e. The summed E-state index contributed by atoms with van der Waals surface area (Å²) in [6.45, 7) is 6.39. The molecule has 0 spiro atoms. The number of ether oxygens (including phenoxy) is 3. The first-order valence-corrected chi connectivity index (χ1v) is 15.7. The maximum atomic E-state index is 12.1. The third-order valence-corrected chi connectivity index (χ3v) is 7.98. The Balaban J connectivity index is 1.06. The Morgan fingerprint density at radius 3 is 2.38 bits per heavy atom. The van der Waals surface area contributed by atoms with Gasteiger partial charge in [0.25, 0.3) is 0 Å². The lowest BCUT2D eigenvalue weighted by molar-refractivity contribution is -0.190. The van der Waals surface area contributed by atoms with Crippen molar-refractivity contribution in [3.05, 3.63) is 88.7 Å². The van der Waals surface area contributed by atoms with Gasteiger partial charge in [-0.15, -0.1) is 5.10 Å². The summed E-state index contributed by atoms with van der Waals surface area (Å²) in [5.41, 5.74) is 3.39. The quantitative estimate of drug-likeness (QED) is 0.128. The molecule has 45 heavy (non-hydrogen) atoms. The van der Waals surface area contributed by atoms with Crippen molar-refractivity contribution in [1.82, 2.24) is 20.2 Å². The van der Waals surface area contributed by atoms with Crippen LogP contribution in [0.1, 0.15) is 32.3 Å². The average Bonchev–Trinajstić information content (AvgIpc) is 3.70. The Hall–Kier alpha value is -3.90. The fourth-order valence-electron chi connectivity index (χ4n) is 4.84. The van der Waals surface area contributed by atoms with E-state index in [1.807, 2.05) is 48.5 Å². The molecule has 5 rings (SSSR count). The predicted molar refractivity (Wildman–Crippen MR) is 175 cm³/mol. The lowest BCUT2D eigenvalue weighted by Crippen LogP contribution is -2.35. The molecule has 4 aromatic rings. The van der Waals surface area contributed by atoms with E-state index < -0.39 is 5.79 Å². The second kappa shape index (κ2) is 15.4. The normalized spacial score (nSPS) is 18.4. The van der Waals surface area contributed by atoms with Crippen molar-refractivity contribution in [1.29, 1.82) is 0 Å². The Morgan fingerprint density at radius 2 is 1.73 bits per heavy atom.